The first-order chi connectivity index (χ1) is 9.67. The summed E-state index contributed by atoms with van der Waals surface area (Å²) in [6, 6.07) is 0. The molecule has 112 valence electrons. The lowest BCUT2D eigenvalue weighted by Gasteiger charge is -2.36. The zero-order valence-corrected chi connectivity index (χ0v) is 11.9. The summed E-state index contributed by atoms with van der Waals surface area (Å²) in [5.74, 6) is -0.0146. The Balaban J connectivity index is 1.92. The van der Waals surface area contributed by atoms with Crippen LogP contribution in [0.25, 0.3) is 0 Å². The first-order valence-corrected chi connectivity index (χ1v) is 6.49. The second kappa shape index (κ2) is 6.83. The van der Waals surface area contributed by atoms with Crippen LogP contribution in [0.3, 0.4) is 0 Å². The number of nitrogens with zero attached hydrogens (tertiary/aromatic N) is 1. The molecule has 2 rings (SSSR count). The molecule has 7 nitrogen and oxygen atoms in total. The third kappa shape index (κ3) is 3.17. The summed E-state index contributed by atoms with van der Waals surface area (Å²) < 4.78 is 21.3. The van der Waals surface area contributed by atoms with Gasteiger partial charge in [-0.2, -0.15) is 0 Å². The van der Waals surface area contributed by atoms with E-state index in [4.69, 9.17) is 18.6 Å². The van der Waals surface area contributed by atoms with Crippen molar-refractivity contribution in [3.63, 3.8) is 0 Å². The van der Waals surface area contributed by atoms with E-state index in [2.05, 4.69) is 10.3 Å². The van der Waals surface area contributed by atoms with Gasteiger partial charge in [0.25, 0.3) is 5.91 Å². The van der Waals surface area contributed by atoms with Gasteiger partial charge in [0.1, 0.15) is 6.10 Å². The van der Waals surface area contributed by atoms with E-state index in [9.17, 15) is 4.79 Å². The molecule has 1 amide bonds. The minimum Gasteiger partial charge on any atom is -0.438 e. The number of amides is 1. The average Bonchev–Trinajstić information content (AvgIpc) is 2.90. The Kier molecular flexibility index (Phi) is 5.11. The monoisotopic (exact) mass is 284 g/mol. The number of methoxy groups -OCH3 is 2. The van der Waals surface area contributed by atoms with Crippen molar-refractivity contribution in [2.75, 3.05) is 34.0 Å². The Labute approximate surface area is 117 Å². The lowest BCUT2D eigenvalue weighted by molar-refractivity contribution is -0.145. The van der Waals surface area contributed by atoms with Crippen LogP contribution in [-0.2, 0) is 14.2 Å². The highest BCUT2D eigenvalue weighted by Gasteiger charge is 2.34. The number of carbonyl (C=O) groups excluding carboxylic acids is 1. The van der Waals surface area contributed by atoms with Gasteiger partial charge in [0, 0.05) is 26.7 Å². The molecule has 0 saturated carbocycles. The number of rotatable bonds is 5. The third-order valence-corrected chi connectivity index (χ3v) is 3.50. The molecule has 0 bridgehead atoms. The Hall–Kier alpha value is -1.44. The third-order valence-electron chi connectivity index (χ3n) is 3.50. The van der Waals surface area contributed by atoms with E-state index < -0.39 is 0 Å². The summed E-state index contributed by atoms with van der Waals surface area (Å²) in [6.07, 6.45) is 1.03. The Morgan fingerprint density at radius 3 is 2.85 bits per heavy atom. The summed E-state index contributed by atoms with van der Waals surface area (Å²) in [7, 11) is 3.26. The number of hydrogen-bond acceptors (Lipinski definition) is 6. The standard InChI is InChI=1S/C13H20N2O5/c1-8-11(20-7-15-8)13(16)14-4-9-5-19-6-10(17-2)12(9)18-3/h7,9-10,12H,4-6H2,1-3H3,(H,14,16)/t9-,10-,12+/m1/s1. The Morgan fingerprint density at radius 2 is 2.25 bits per heavy atom. The second-order valence-corrected chi connectivity index (χ2v) is 4.75. The molecule has 0 aromatic carbocycles. The van der Waals surface area contributed by atoms with Crippen molar-refractivity contribution >= 4 is 5.91 Å². The van der Waals surface area contributed by atoms with E-state index in [0.29, 0.717) is 25.5 Å². The molecule has 1 N–H and O–H groups in total. The van der Waals surface area contributed by atoms with Crippen LogP contribution in [0.4, 0.5) is 0 Å². The van der Waals surface area contributed by atoms with E-state index in [1.54, 1.807) is 21.1 Å². The lowest BCUT2D eigenvalue weighted by Crippen LogP contribution is -2.50. The highest BCUT2D eigenvalue weighted by atomic mass is 16.6. The molecule has 20 heavy (non-hydrogen) atoms. The van der Waals surface area contributed by atoms with Gasteiger partial charge in [0.2, 0.25) is 5.76 Å². The van der Waals surface area contributed by atoms with Crippen LogP contribution < -0.4 is 5.32 Å². The fraction of sp³-hybridized carbons (Fsp3) is 0.692. The van der Waals surface area contributed by atoms with Crippen LogP contribution in [0.1, 0.15) is 16.2 Å². The van der Waals surface area contributed by atoms with E-state index in [-0.39, 0.29) is 29.8 Å². The van der Waals surface area contributed by atoms with Crippen LogP contribution in [0.2, 0.25) is 0 Å². The number of nitrogens with one attached hydrogen (secondary N) is 1. The topological polar surface area (TPSA) is 82.8 Å². The fourth-order valence-electron chi connectivity index (χ4n) is 2.37. The van der Waals surface area contributed by atoms with Gasteiger partial charge in [-0.1, -0.05) is 0 Å². The summed E-state index contributed by atoms with van der Waals surface area (Å²) in [6.45, 7) is 3.17. The van der Waals surface area contributed by atoms with E-state index >= 15 is 0 Å². The molecule has 0 radical (unpaired) electrons. The Bertz CT molecular complexity index is 448. The van der Waals surface area contributed by atoms with Crippen molar-refractivity contribution in [1.29, 1.82) is 0 Å². The first-order valence-electron chi connectivity index (χ1n) is 6.49. The molecule has 1 aromatic heterocycles. The zero-order chi connectivity index (χ0) is 14.5. The van der Waals surface area contributed by atoms with Gasteiger partial charge in [-0.3, -0.25) is 4.79 Å². The normalized spacial score (nSPS) is 26.4. The fourth-order valence-corrected chi connectivity index (χ4v) is 2.37. The summed E-state index contributed by atoms with van der Waals surface area (Å²) in [4.78, 5) is 15.8. The van der Waals surface area contributed by atoms with Gasteiger partial charge in [0.05, 0.1) is 25.0 Å². The maximum atomic E-state index is 12.0. The van der Waals surface area contributed by atoms with Gasteiger partial charge in [0.15, 0.2) is 6.39 Å². The highest BCUT2D eigenvalue weighted by Crippen LogP contribution is 2.20. The molecule has 7 heteroatoms. The van der Waals surface area contributed by atoms with E-state index in [0.717, 1.165) is 0 Å². The maximum Gasteiger partial charge on any atom is 0.289 e. The van der Waals surface area contributed by atoms with Crippen molar-refractivity contribution < 1.29 is 23.4 Å². The maximum absolute atomic E-state index is 12.0. The van der Waals surface area contributed by atoms with Crippen molar-refractivity contribution in [2.45, 2.75) is 19.1 Å². The van der Waals surface area contributed by atoms with Gasteiger partial charge in [-0.25, -0.2) is 4.98 Å². The average molecular weight is 284 g/mol. The van der Waals surface area contributed by atoms with Gasteiger partial charge in [-0.15, -0.1) is 0 Å². The van der Waals surface area contributed by atoms with Gasteiger partial charge < -0.3 is 23.9 Å². The first kappa shape index (κ1) is 15.0. The molecule has 2 heterocycles. The number of aryl methyl sites for hydroxylation is 1. The molecule has 1 aliphatic rings. The quantitative estimate of drug-likeness (QED) is 0.842. The van der Waals surface area contributed by atoms with Crippen LogP contribution >= 0.6 is 0 Å². The van der Waals surface area contributed by atoms with Crippen molar-refractivity contribution in [3.8, 4) is 0 Å². The van der Waals surface area contributed by atoms with Gasteiger partial charge >= 0.3 is 0 Å². The second-order valence-electron chi connectivity index (χ2n) is 4.75. The molecular formula is C13H20N2O5. The molecule has 1 saturated heterocycles. The Morgan fingerprint density at radius 1 is 1.45 bits per heavy atom. The summed E-state index contributed by atoms with van der Waals surface area (Å²) in [5, 5.41) is 2.82. The number of ether oxygens (including phenoxy) is 3. The number of aromatic nitrogens is 1. The van der Waals surface area contributed by atoms with E-state index in [1.807, 2.05) is 0 Å². The minimum absolute atomic E-state index is 0.0332. The predicted octanol–water partition coefficient (Wildman–Crippen LogP) is 0.389. The number of hydrogen-bond donors (Lipinski definition) is 1. The van der Waals surface area contributed by atoms with E-state index in [1.165, 1.54) is 6.39 Å². The highest BCUT2D eigenvalue weighted by molar-refractivity contribution is 5.92. The summed E-state index contributed by atoms with van der Waals surface area (Å²) in [5.41, 5.74) is 0.570. The molecule has 1 fully saturated rings. The summed E-state index contributed by atoms with van der Waals surface area (Å²) >= 11 is 0. The minimum atomic E-state index is -0.283. The predicted molar refractivity (Wildman–Crippen MR) is 69.5 cm³/mol. The number of carbonyl (C=O) groups is 1. The molecule has 0 spiro atoms. The molecule has 1 aliphatic heterocycles. The van der Waals surface area contributed by atoms with Crippen LogP contribution in [-0.4, -0.2) is 57.1 Å². The number of oxazole rings is 1. The largest absolute Gasteiger partial charge is 0.438 e. The van der Waals surface area contributed by atoms with Crippen molar-refractivity contribution in [1.82, 2.24) is 10.3 Å². The smallest absolute Gasteiger partial charge is 0.289 e. The van der Waals surface area contributed by atoms with Crippen molar-refractivity contribution in [2.24, 2.45) is 5.92 Å². The lowest BCUT2D eigenvalue weighted by atomic mass is 9.96. The molecular weight excluding hydrogens is 264 g/mol. The zero-order valence-electron chi connectivity index (χ0n) is 11.9. The van der Waals surface area contributed by atoms with Gasteiger partial charge in [-0.05, 0) is 6.92 Å². The SMILES string of the molecule is CO[C@H]1[C@H](CNC(=O)c2ocnc2C)COC[C@H]1OC. The van der Waals surface area contributed by atoms with Crippen molar-refractivity contribution in [3.05, 3.63) is 17.8 Å². The van der Waals surface area contributed by atoms with Crippen LogP contribution in [0, 0.1) is 12.8 Å². The van der Waals surface area contributed by atoms with Crippen LogP contribution in [0.15, 0.2) is 10.8 Å². The molecule has 0 aliphatic carbocycles. The molecule has 1 aromatic rings. The molecule has 3 atom stereocenters. The molecule has 0 unspecified atom stereocenters. The van der Waals surface area contributed by atoms with Crippen LogP contribution in [0.5, 0.6) is 0 Å².